The summed E-state index contributed by atoms with van der Waals surface area (Å²) in [5.41, 5.74) is 4.43. The fraction of sp³-hybridized carbons (Fsp3) is 0.292. The van der Waals surface area contributed by atoms with Crippen LogP contribution in [-0.2, 0) is 4.79 Å². The zero-order valence-corrected chi connectivity index (χ0v) is 15.7. The summed E-state index contributed by atoms with van der Waals surface area (Å²) in [6, 6.07) is 16.7. The van der Waals surface area contributed by atoms with Crippen molar-refractivity contribution in [3.05, 3.63) is 77.6 Å². The van der Waals surface area contributed by atoms with Crippen LogP contribution in [0.15, 0.2) is 60.8 Å². The number of anilines is 1. The maximum atomic E-state index is 11.3. The Balaban J connectivity index is 1.82. The summed E-state index contributed by atoms with van der Waals surface area (Å²) in [6.45, 7) is 4.29. The molecule has 2 heterocycles. The van der Waals surface area contributed by atoms with Crippen LogP contribution in [0.4, 0.5) is 5.69 Å². The predicted molar refractivity (Wildman–Crippen MR) is 111 cm³/mol. The molecular weight excluding hydrogens is 332 g/mol. The molecule has 0 amide bonds. The lowest BCUT2D eigenvalue weighted by atomic mass is 9.90. The van der Waals surface area contributed by atoms with Crippen LogP contribution in [0.1, 0.15) is 42.0 Å². The highest BCUT2D eigenvalue weighted by Crippen LogP contribution is 2.33. The van der Waals surface area contributed by atoms with Crippen molar-refractivity contribution in [2.45, 2.75) is 32.1 Å². The molecule has 27 heavy (non-hydrogen) atoms. The van der Waals surface area contributed by atoms with Crippen molar-refractivity contribution < 1.29 is 4.79 Å². The Kier molecular flexibility index (Phi) is 5.04. The van der Waals surface area contributed by atoms with Crippen molar-refractivity contribution in [1.82, 2.24) is 4.98 Å². The molecule has 136 valence electrons. The van der Waals surface area contributed by atoms with E-state index in [0.717, 1.165) is 29.7 Å². The zero-order valence-electron chi connectivity index (χ0n) is 15.7. The number of hydrogen-bond donors (Lipinski definition) is 0. The van der Waals surface area contributed by atoms with Gasteiger partial charge in [0.1, 0.15) is 5.94 Å². The van der Waals surface area contributed by atoms with Crippen LogP contribution >= 0.6 is 0 Å². The van der Waals surface area contributed by atoms with Crippen LogP contribution in [0, 0.1) is 6.92 Å². The SMILES string of the molecule is Cc1cnc(C(C=C=O)c2cccc3ccccc23)cc1N1CCCCC1. The largest absolute Gasteiger partial charge is 0.371 e. The standard InChI is InChI=1S/C24H24N2O/c1-18-17-25-23(16-24(18)26-13-5-2-6-14-26)22(12-15-27)21-11-7-9-19-8-3-4-10-20(19)21/h3-4,7-12,16-17,22H,2,5-6,13-14H2,1H3. The van der Waals surface area contributed by atoms with Crippen LogP contribution in [0.2, 0.25) is 0 Å². The van der Waals surface area contributed by atoms with E-state index in [9.17, 15) is 4.79 Å². The van der Waals surface area contributed by atoms with Crippen molar-refractivity contribution in [1.29, 1.82) is 0 Å². The Labute approximate surface area is 160 Å². The second kappa shape index (κ2) is 7.77. The van der Waals surface area contributed by atoms with Gasteiger partial charge >= 0.3 is 0 Å². The lowest BCUT2D eigenvalue weighted by Crippen LogP contribution is -2.30. The molecule has 3 nitrogen and oxygen atoms in total. The first-order valence-corrected chi connectivity index (χ1v) is 9.68. The van der Waals surface area contributed by atoms with Gasteiger partial charge in [0, 0.05) is 31.0 Å². The number of nitrogens with zero attached hydrogens (tertiary/aromatic N) is 2. The van der Waals surface area contributed by atoms with Crippen LogP contribution < -0.4 is 4.90 Å². The molecule has 0 N–H and O–H groups in total. The van der Waals surface area contributed by atoms with Crippen molar-refractivity contribution in [2.75, 3.05) is 18.0 Å². The molecule has 1 saturated heterocycles. The Morgan fingerprint density at radius 3 is 2.67 bits per heavy atom. The summed E-state index contributed by atoms with van der Waals surface area (Å²) in [5, 5.41) is 2.32. The fourth-order valence-electron chi connectivity index (χ4n) is 4.10. The number of aromatic nitrogens is 1. The molecule has 1 atom stereocenters. The summed E-state index contributed by atoms with van der Waals surface area (Å²) in [6.07, 6.45) is 7.31. The smallest absolute Gasteiger partial charge is 0.121 e. The summed E-state index contributed by atoms with van der Waals surface area (Å²) in [5.74, 6) is 1.82. The highest BCUT2D eigenvalue weighted by molar-refractivity contribution is 5.87. The molecule has 0 bridgehead atoms. The van der Waals surface area contributed by atoms with E-state index in [4.69, 9.17) is 4.98 Å². The Bertz CT molecular complexity index is 993. The van der Waals surface area contributed by atoms with Crippen LogP contribution in [0.3, 0.4) is 0 Å². The van der Waals surface area contributed by atoms with E-state index >= 15 is 0 Å². The van der Waals surface area contributed by atoms with Crippen molar-refractivity contribution in [3.8, 4) is 0 Å². The van der Waals surface area contributed by atoms with Gasteiger partial charge in [0.05, 0.1) is 11.6 Å². The number of hydrogen-bond acceptors (Lipinski definition) is 3. The molecule has 3 aromatic rings. The van der Waals surface area contributed by atoms with Gasteiger partial charge in [-0.25, -0.2) is 4.79 Å². The van der Waals surface area contributed by atoms with E-state index in [1.807, 2.05) is 30.3 Å². The van der Waals surface area contributed by atoms with E-state index in [2.05, 4.69) is 42.2 Å². The van der Waals surface area contributed by atoms with Gasteiger partial charge in [-0.05, 0) is 54.2 Å². The molecule has 0 saturated carbocycles. The van der Waals surface area contributed by atoms with Crippen LogP contribution in [0.25, 0.3) is 10.8 Å². The number of piperidine rings is 1. The Hall–Kier alpha value is -2.90. The topological polar surface area (TPSA) is 33.2 Å². The Morgan fingerprint density at radius 2 is 1.85 bits per heavy atom. The predicted octanol–water partition coefficient (Wildman–Crippen LogP) is 5.05. The number of allylic oxidation sites excluding steroid dienone is 1. The number of pyridine rings is 1. The first-order chi connectivity index (χ1) is 13.3. The number of aryl methyl sites for hydroxylation is 1. The molecule has 1 aliphatic rings. The molecule has 4 rings (SSSR count). The maximum absolute atomic E-state index is 11.3. The van der Waals surface area contributed by atoms with E-state index in [0.29, 0.717) is 0 Å². The third kappa shape index (κ3) is 3.51. The molecule has 2 aromatic carbocycles. The van der Waals surface area contributed by atoms with Crippen LogP contribution in [-0.4, -0.2) is 24.0 Å². The first-order valence-electron chi connectivity index (χ1n) is 9.68. The number of rotatable bonds is 4. The molecule has 0 spiro atoms. The summed E-state index contributed by atoms with van der Waals surface area (Å²) in [4.78, 5) is 18.5. The fourth-order valence-corrected chi connectivity index (χ4v) is 4.10. The number of fused-ring (bicyclic) bond motifs is 1. The number of benzene rings is 2. The monoisotopic (exact) mass is 356 g/mol. The quantitative estimate of drug-likeness (QED) is 0.613. The third-order valence-electron chi connectivity index (χ3n) is 5.50. The van der Waals surface area contributed by atoms with Crippen molar-refractivity contribution in [2.24, 2.45) is 0 Å². The first kappa shape index (κ1) is 17.5. The number of carbonyl (C=O) groups excluding carboxylic acids is 1. The minimum atomic E-state index is -0.197. The molecule has 0 aliphatic carbocycles. The molecule has 1 fully saturated rings. The maximum Gasteiger partial charge on any atom is 0.121 e. The van der Waals surface area contributed by atoms with Gasteiger partial charge in [-0.2, -0.15) is 0 Å². The summed E-state index contributed by atoms with van der Waals surface area (Å²) in [7, 11) is 0. The second-order valence-corrected chi connectivity index (χ2v) is 7.27. The zero-order chi connectivity index (χ0) is 18.6. The van der Waals surface area contributed by atoms with Crippen molar-refractivity contribution >= 4 is 22.4 Å². The normalized spacial score (nSPS) is 15.4. The van der Waals surface area contributed by atoms with Gasteiger partial charge in [-0.3, -0.25) is 4.98 Å². The Morgan fingerprint density at radius 1 is 1.07 bits per heavy atom. The molecular formula is C24H24N2O. The van der Waals surface area contributed by atoms with E-state index in [-0.39, 0.29) is 5.92 Å². The van der Waals surface area contributed by atoms with Gasteiger partial charge in [-0.15, -0.1) is 0 Å². The van der Waals surface area contributed by atoms with Gasteiger partial charge in [0.15, 0.2) is 0 Å². The molecule has 1 unspecified atom stereocenters. The van der Waals surface area contributed by atoms with Gasteiger partial charge in [-0.1, -0.05) is 42.5 Å². The molecule has 0 radical (unpaired) electrons. The highest BCUT2D eigenvalue weighted by Gasteiger charge is 2.20. The minimum absolute atomic E-state index is 0.197. The van der Waals surface area contributed by atoms with Crippen molar-refractivity contribution in [3.63, 3.8) is 0 Å². The average molecular weight is 356 g/mol. The van der Waals surface area contributed by atoms with Gasteiger partial charge in [0.25, 0.3) is 0 Å². The van der Waals surface area contributed by atoms with E-state index in [1.165, 1.54) is 35.9 Å². The average Bonchev–Trinajstić information content (AvgIpc) is 2.73. The lowest BCUT2D eigenvalue weighted by Gasteiger charge is -2.30. The van der Waals surface area contributed by atoms with Gasteiger partial charge in [0.2, 0.25) is 0 Å². The van der Waals surface area contributed by atoms with Crippen LogP contribution in [0.5, 0.6) is 0 Å². The molecule has 3 heteroatoms. The third-order valence-corrected chi connectivity index (χ3v) is 5.50. The lowest BCUT2D eigenvalue weighted by molar-refractivity contribution is 0.567. The minimum Gasteiger partial charge on any atom is -0.371 e. The van der Waals surface area contributed by atoms with E-state index < -0.39 is 0 Å². The van der Waals surface area contributed by atoms with E-state index in [1.54, 1.807) is 6.08 Å². The summed E-state index contributed by atoms with van der Waals surface area (Å²) >= 11 is 0. The second-order valence-electron chi connectivity index (χ2n) is 7.27. The molecule has 1 aliphatic heterocycles. The summed E-state index contributed by atoms with van der Waals surface area (Å²) < 4.78 is 0. The van der Waals surface area contributed by atoms with Gasteiger partial charge < -0.3 is 4.90 Å². The molecule has 1 aromatic heterocycles. The highest BCUT2D eigenvalue weighted by atomic mass is 16.1.